The Labute approximate surface area is 157 Å². The Bertz CT molecular complexity index is 672. The normalized spacial score (nSPS) is 16.4. The van der Waals surface area contributed by atoms with Crippen LogP contribution in [0.2, 0.25) is 5.02 Å². The minimum Gasteiger partial charge on any atom is -0.484 e. The van der Waals surface area contributed by atoms with Gasteiger partial charge >= 0.3 is 0 Å². The lowest BCUT2D eigenvalue weighted by atomic mass is 10.1. The molecule has 1 saturated heterocycles. The fourth-order valence-electron chi connectivity index (χ4n) is 3.09. The number of halogens is 1. The number of nitrogens with zero attached hydrogens (tertiary/aromatic N) is 1. The number of likely N-dealkylation sites (tertiary alicyclic amines) is 1. The second-order valence-electron chi connectivity index (χ2n) is 6.18. The second kappa shape index (κ2) is 9.22. The molecule has 0 radical (unpaired) electrons. The van der Waals surface area contributed by atoms with Crippen LogP contribution in [0, 0.1) is 0 Å². The van der Waals surface area contributed by atoms with Gasteiger partial charge in [-0.15, -0.1) is 11.3 Å². The molecule has 1 atom stereocenters. The zero-order valence-electron chi connectivity index (χ0n) is 14.1. The van der Waals surface area contributed by atoms with Crippen LogP contribution < -0.4 is 10.1 Å². The predicted octanol–water partition coefficient (Wildman–Crippen LogP) is 4.12. The average Bonchev–Trinajstić information content (AvgIpc) is 3.15. The van der Waals surface area contributed by atoms with Gasteiger partial charge in [-0.05, 0) is 55.6 Å². The molecular weight excluding hydrogens is 356 g/mol. The lowest BCUT2D eigenvalue weighted by Gasteiger charge is -2.34. The van der Waals surface area contributed by atoms with Crippen LogP contribution in [0.25, 0.3) is 0 Å². The maximum atomic E-state index is 12.2. The van der Waals surface area contributed by atoms with E-state index in [4.69, 9.17) is 16.3 Å². The standard InChI is InChI=1S/C19H23ClN2O2S/c20-15-6-4-7-16(12-15)24-14-19(23)21-13-17(18-8-5-11-25-18)22-9-2-1-3-10-22/h4-8,11-12,17H,1-3,9-10,13-14H2,(H,21,23)/t17-/m1/s1. The smallest absolute Gasteiger partial charge is 0.258 e. The van der Waals surface area contributed by atoms with E-state index in [-0.39, 0.29) is 18.6 Å². The molecule has 1 aromatic heterocycles. The topological polar surface area (TPSA) is 41.6 Å². The van der Waals surface area contributed by atoms with E-state index in [1.54, 1.807) is 35.6 Å². The Hall–Kier alpha value is -1.56. The number of benzene rings is 1. The first-order valence-corrected chi connectivity index (χ1v) is 9.90. The highest BCUT2D eigenvalue weighted by Crippen LogP contribution is 2.27. The van der Waals surface area contributed by atoms with E-state index in [2.05, 4.69) is 27.7 Å². The summed E-state index contributed by atoms with van der Waals surface area (Å²) in [6.07, 6.45) is 3.76. The molecule has 2 aromatic rings. The Morgan fingerprint density at radius 1 is 1.24 bits per heavy atom. The molecule has 1 aromatic carbocycles. The first-order valence-electron chi connectivity index (χ1n) is 8.65. The molecule has 0 saturated carbocycles. The summed E-state index contributed by atoms with van der Waals surface area (Å²) in [6, 6.07) is 11.5. The van der Waals surface area contributed by atoms with E-state index in [0.29, 0.717) is 17.3 Å². The van der Waals surface area contributed by atoms with E-state index < -0.39 is 0 Å². The molecule has 134 valence electrons. The van der Waals surface area contributed by atoms with Gasteiger partial charge in [0.05, 0.1) is 6.04 Å². The zero-order chi connectivity index (χ0) is 17.5. The number of nitrogens with one attached hydrogen (secondary N) is 1. The van der Waals surface area contributed by atoms with E-state index in [0.717, 1.165) is 13.1 Å². The Morgan fingerprint density at radius 2 is 2.08 bits per heavy atom. The van der Waals surface area contributed by atoms with Crippen molar-refractivity contribution in [1.29, 1.82) is 0 Å². The Balaban J connectivity index is 1.52. The number of piperidine rings is 1. The highest BCUT2D eigenvalue weighted by molar-refractivity contribution is 7.10. The van der Waals surface area contributed by atoms with Crippen molar-refractivity contribution in [3.05, 3.63) is 51.7 Å². The van der Waals surface area contributed by atoms with Gasteiger partial charge in [0, 0.05) is 16.4 Å². The summed E-state index contributed by atoms with van der Waals surface area (Å²) in [5.41, 5.74) is 0. The minimum atomic E-state index is -0.112. The van der Waals surface area contributed by atoms with Crippen LogP contribution in [0.1, 0.15) is 30.2 Å². The van der Waals surface area contributed by atoms with Crippen molar-refractivity contribution in [2.24, 2.45) is 0 Å². The van der Waals surface area contributed by atoms with Crippen LogP contribution in [-0.4, -0.2) is 37.0 Å². The summed E-state index contributed by atoms with van der Waals surface area (Å²) in [7, 11) is 0. The van der Waals surface area contributed by atoms with Crippen molar-refractivity contribution in [2.45, 2.75) is 25.3 Å². The third-order valence-electron chi connectivity index (χ3n) is 4.36. The lowest BCUT2D eigenvalue weighted by Crippen LogP contribution is -2.41. The Kier molecular flexibility index (Phi) is 6.73. The van der Waals surface area contributed by atoms with Gasteiger partial charge in [0.2, 0.25) is 0 Å². The van der Waals surface area contributed by atoms with E-state index >= 15 is 0 Å². The zero-order valence-corrected chi connectivity index (χ0v) is 15.7. The van der Waals surface area contributed by atoms with Crippen molar-refractivity contribution in [3.8, 4) is 5.75 Å². The summed E-state index contributed by atoms with van der Waals surface area (Å²) >= 11 is 7.67. The van der Waals surface area contributed by atoms with Gasteiger partial charge in [0.15, 0.2) is 6.61 Å². The van der Waals surface area contributed by atoms with E-state index in [1.807, 2.05) is 0 Å². The average molecular weight is 379 g/mol. The second-order valence-corrected chi connectivity index (χ2v) is 7.59. The summed E-state index contributed by atoms with van der Waals surface area (Å²) in [5.74, 6) is 0.493. The molecule has 4 nitrogen and oxygen atoms in total. The van der Waals surface area contributed by atoms with Crippen LogP contribution in [0.4, 0.5) is 0 Å². The molecule has 25 heavy (non-hydrogen) atoms. The summed E-state index contributed by atoms with van der Waals surface area (Å²) in [4.78, 5) is 16.0. The quantitative estimate of drug-likeness (QED) is 0.787. The number of carbonyl (C=O) groups is 1. The number of carbonyl (C=O) groups excluding carboxylic acids is 1. The van der Waals surface area contributed by atoms with Crippen molar-refractivity contribution >= 4 is 28.8 Å². The van der Waals surface area contributed by atoms with Crippen LogP contribution in [0.5, 0.6) is 5.75 Å². The number of hydrogen-bond donors (Lipinski definition) is 1. The molecule has 0 unspecified atom stereocenters. The fraction of sp³-hybridized carbons (Fsp3) is 0.421. The summed E-state index contributed by atoms with van der Waals surface area (Å²) in [6.45, 7) is 2.80. The van der Waals surface area contributed by atoms with Crippen LogP contribution in [0.3, 0.4) is 0 Å². The van der Waals surface area contributed by atoms with Gasteiger partial charge in [0.25, 0.3) is 5.91 Å². The van der Waals surface area contributed by atoms with Gasteiger partial charge in [-0.3, -0.25) is 9.69 Å². The van der Waals surface area contributed by atoms with Crippen LogP contribution in [-0.2, 0) is 4.79 Å². The first-order chi connectivity index (χ1) is 12.2. The molecule has 1 amide bonds. The van der Waals surface area contributed by atoms with Crippen molar-refractivity contribution in [3.63, 3.8) is 0 Å². The van der Waals surface area contributed by atoms with Crippen LogP contribution >= 0.6 is 22.9 Å². The number of rotatable bonds is 7. The molecule has 6 heteroatoms. The number of amides is 1. The van der Waals surface area contributed by atoms with Gasteiger partial charge in [0.1, 0.15) is 5.75 Å². The van der Waals surface area contributed by atoms with E-state index in [1.165, 1.54) is 24.1 Å². The van der Waals surface area contributed by atoms with Crippen molar-refractivity contribution < 1.29 is 9.53 Å². The van der Waals surface area contributed by atoms with Gasteiger partial charge in [-0.25, -0.2) is 0 Å². The Morgan fingerprint density at radius 3 is 2.80 bits per heavy atom. The monoisotopic (exact) mass is 378 g/mol. The molecule has 1 aliphatic rings. The largest absolute Gasteiger partial charge is 0.484 e. The minimum absolute atomic E-state index is 0.00248. The van der Waals surface area contributed by atoms with E-state index in [9.17, 15) is 4.79 Å². The summed E-state index contributed by atoms with van der Waals surface area (Å²) in [5, 5.41) is 5.71. The van der Waals surface area contributed by atoms with Gasteiger partial charge < -0.3 is 10.1 Å². The fourth-order valence-corrected chi connectivity index (χ4v) is 4.13. The van der Waals surface area contributed by atoms with Gasteiger partial charge in [-0.2, -0.15) is 0 Å². The van der Waals surface area contributed by atoms with Crippen LogP contribution in [0.15, 0.2) is 41.8 Å². The SMILES string of the molecule is O=C(COc1cccc(Cl)c1)NC[C@H](c1cccs1)N1CCCCC1. The molecule has 0 bridgehead atoms. The van der Waals surface area contributed by atoms with Crippen molar-refractivity contribution in [2.75, 3.05) is 26.2 Å². The molecular formula is C19H23ClN2O2S. The first kappa shape index (κ1) is 18.2. The molecule has 1 aliphatic heterocycles. The molecule has 3 rings (SSSR count). The third kappa shape index (κ3) is 5.46. The number of hydrogen-bond acceptors (Lipinski definition) is 4. The highest BCUT2D eigenvalue weighted by Gasteiger charge is 2.23. The lowest BCUT2D eigenvalue weighted by molar-refractivity contribution is -0.123. The molecule has 0 spiro atoms. The molecule has 1 N–H and O–H groups in total. The number of ether oxygens (including phenoxy) is 1. The van der Waals surface area contributed by atoms with Crippen molar-refractivity contribution in [1.82, 2.24) is 10.2 Å². The third-order valence-corrected chi connectivity index (χ3v) is 5.57. The maximum Gasteiger partial charge on any atom is 0.258 e. The molecule has 1 fully saturated rings. The summed E-state index contributed by atoms with van der Waals surface area (Å²) < 4.78 is 5.51. The number of thiophene rings is 1. The highest BCUT2D eigenvalue weighted by atomic mass is 35.5. The van der Waals surface area contributed by atoms with Gasteiger partial charge in [-0.1, -0.05) is 30.2 Å². The molecule has 2 heterocycles. The molecule has 0 aliphatic carbocycles. The predicted molar refractivity (Wildman–Crippen MR) is 102 cm³/mol. The maximum absolute atomic E-state index is 12.2.